The van der Waals surface area contributed by atoms with Gasteiger partial charge in [-0.2, -0.15) is 0 Å². The number of ether oxygens (including phenoxy) is 4. The van der Waals surface area contributed by atoms with Crippen molar-refractivity contribution in [1.82, 2.24) is 0 Å². The molecule has 0 atom stereocenters. The summed E-state index contributed by atoms with van der Waals surface area (Å²) < 4.78 is 21.1. The van der Waals surface area contributed by atoms with E-state index in [9.17, 15) is 9.59 Å². The van der Waals surface area contributed by atoms with E-state index in [0.717, 1.165) is 29.5 Å². The molecule has 8 heteroatoms. The molecule has 0 unspecified atom stereocenters. The molecule has 0 aliphatic carbocycles. The predicted octanol–water partition coefficient (Wildman–Crippen LogP) is 5.73. The summed E-state index contributed by atoms with van der Waals surface area (Å²) in [4.78, 5) is 23.5. The van der Waals surface area contributed by atoms with E-state index < -0.39 is 38.7 Å². The highest BCUT2D eigenvalue weighted by Crippen LogP contribution is 2.26. The Morgan fingerprint density at radius 1 is 0.628 bits per heavy atom. The number of rotatable bonds is 18. The lowest BCUT2D eigenvalue weighted by molar-refractivity contribution is -0.146. The highest BCUT2D eigenvalue weighted by molar-refractivity contribution is 5.88. The molecular formula is C35H40O8. The van der Waals surface area contributed by atoms with E-state index in [1.165, 1.54) is 30.4 Å². The van der Waals surface area contributed by atoms with Crippen LogP contribution in [-0.2, 0) is 38.3 Å². The highest BCUT2D eigenvalue weighted by atomic mass is 16.7. The number of aliphatic hydroxyl groups excluding tert-OH is 2. The zero-order chi connectivity index (χ0) is 31.0. The molecule has 8 nitrogen and oxygen atoms in total. The first-order chi connectivity index (χ1) is 20.8. The summed E-state index contributed by atoms with van der Waals surface area (Å²) in [6.07, 6.45) is 6.21. The zero-order valence-corrected chi connectivity index (χ0v) is 24.7. The number of unbranched alkanes of at least 4 members (excludes halogenated alkanes) is 2. The van der Waals surface area contributed by atoms with Crippen LogP contribution in [0.1, 0.15) is 42.9 Å². The van der Waals surface area contributed by atoms with Gasteiger partial charge < -0.3 is 29.2 Å². The van der Waals surface area contributed by atoms with Crippen molar-refractivity contribution < 1.29 is 38.7 Å². The molecule has 0 spiro atoms. The van der Waals surface area contributed by atoms with Crippen molar-refractivity contribution in [3.8, 4) is 22.6 Å². The van der Waals surface area contributed by atoms with Crippen molar-refractivity contribution in [3.05, 3.63) is 108 Å². The van der Waals surface area contributed by atoms with Gasteiger partial charge in [0.15, 0.2) is 0 Å². The lowest BCUT2D eigenvalue weighted by Crippen LogP contribution is -2.14. The van der Waals surface area contributed by atoms with Gasteiger partial charge in [0.2, 0.25) is 13.6 Å². The number of benzene rings is 3. The Labute approximate surface area is 253 Å². The Morgan fingerprint density at radius 3 is 1.51 bits per heavy atom. The summed E-state index contributed by atoms with van der Waals surface area (Å²) in [5.74, 6) is -0.793. The van der Waals surface area contributed by atoms with Crippen molar-refractivity contribution in [1.29, 1.82) is 0 Å². The summed E-state index contributed by atoms with van der Waals surface area (Å²) in [5, 5.41) is 18.0. The van der Waals surface area contributed by atoms with Crippen LogP contribution in [0.25, 0.3) is 11.1 Å². The van der Waals surface area contributed by atoms with Gasteiger partial charge in [-0.3, -0.25) is 0 Å². The number of hydrogen-bond acceptors (Lipinski definition) is 8. The molecule has 0 radical (unpaired) electrons. The van der Waals surface area contributed by atoms with Crippen molar-refractivity contribution in [3.63, 3.8) is 0 Å². The Morgan fingerprint density at radius 2 is 1.07 bits per heavy atom. The van der Waals surface area contributed by atoms with E-state index in [2.05, 4.69) is 68.6 Å². The lowest BCUT2D eigenvalue weighted by atomic mass is 9.98. The second-order valence-electron chi connectivity index (χ2n) is 10.1. The SMILES string of the molecule is C=C(CO)C(=O)OCOc1cc(CCc2ccc(-c3ccc(CCCCC)cc3)cc2)cc(OCOC(=O)C(=C)CO)c1. The smallest absolute Gasteiger partial charge is 0.338 e. The van der Waals surface area contributed by atoms with Gasteiger partial charge in [-0.15, -0.1) is 0 Å². The van der Waals surface area contributed by atoms with Gasteiger partial charge in [0.1, 0.15) is 11.5 Å². The Balaban J connectivity index is 1.64. The second-order valence-corrected chi connectivity index (χ2v) is 10.1. The molecule has 0 saturated carbocycles. The summed E-state index contributed by atoms with van der Waals surface area (Å²) in [6, 6.07) is 22.4. The molecule has 0 bridgehead atoms. The Hall–Kier alpha value is -4.40. The normalized spacial score (nSPS) is 10.6. The van der Waals surface area contributed by atoms with Crippen LogP contribution in [0.5, 0.6) is 11.5 Å². The first-order valence-electron chi connectivity index (χ1n) is 14.3. The Bertz CT molecular complexity index is 1310. The molecule has 0 aliphatic rings. The maximum absolute atomic E-state index is 11.8. The third kappa shape index (κ3) is 11.1. The van der Waals surface area contributed by atoms with E-state index in [-0.39, 0.29) is 11.1 Å². The number of carbonyl (C=O) groups excluding carboxylic acids is 2. The van der Waals surface area contributed by atoms with E-state index in [0.29, 0.717) is 17.9 Å². The average molecular weight is 589 g/mol. The van der Waals surface area contributed by atoms with Crippen LogP contribution in [0.2, 0.25) is 0 Å². The monoisotopic (exact) mass is 588 g/mol. The molecular weight excluding hydrogens is 548 g/mol. The minimum absolute atomic E-state index is 0.0851. The van der Waals surface area contributed by atoms with Crippen LogP contribution in [0, 0.1) is 0 Å². The van der Waals surface area contributed by atoms with Crippen molar-refractivity contribution in [2.75, 3.05) is 26.8 Å². The molecule has 0 aromatic heterocycles. The van der Waals surface area contributed by atoms with E-state index in [4.69, 9.17) is 29.2 Å². The first kappa shape index (κ1) is 33.1. The lowest BCUT2D eigenvalue weighted by Gasteiger charge is -2.13. The fraction of sp³-hybridized carbons (Fsp3) is 0.314. The second kappa shape index (κ2) is 17.5. The summed E-state index contributed by atoms with van der Waals surface area (Å²) in [6.45, 7) is 7.24. The van der Waals surface area contributed by atoms with E-state index in [1.807, 2.05) is 0 Å². The van der Waals surface area contributed by atoms with Gasteiger partial charge in [0.05, 0.1) is 24.4 Å². The molecule has 0 saturated heterocycles. The number of carbonyl (C=O) groups is 2. The molecule has 0 aliphatic heterocycles. The molecule has 43 heavy (non-hydrogen) atoms. The van der Waals surface area contributed by atoms with Gasteiger partial charge in [0, 0.05) is 6.07 Å². The quantitative estimate of drug-likeness (QED) is 0.0839. The van der Waals surface area contributed by atoms with Gasteiger partial charge >= 0.3 is 11.9 Å². The van der Waals surface area contributed by atoms with Gasteiger partial charge in [-0.25, -0.2) is 9.59 Å². The molecule has 2 N–H and O–H groups in total. The van der Waals surface area contributed by atoms with Crippen LogP contribution >= 0.6 is 0 Å². The fourth-order valence-corrected chi connectivity index (χ4v) is 4.17. The van der Waals surface area contributed by atoms with E-state index in [1.54, 1.807) is 18.2 Å². The van der Waals surface area contributed by atoms with Crippen LogP contribution in [0.15, 0.2) is 91.0 Å². The van der Waals surface area contributed by atoms with Crippen molar-refractivity contribution in [2.45, 2.75) is 45.4 Å². The van der Waals surface area contributed by atoms with Crippen LogP contribution in [0.3, 0.4) is 0 Å². The third-order valence-corrected chi connectivity index (χ3v) is 6.74. The topological polar surface area (TPSA) is 112 Å². The summed E-state index contributed by atoms with van der Waals surface area (Å²) in [7, 11) is 0. The molecule has 0 fully saturated rings. The maximum atomic E-state index is 11.8. The van der Waals surface area contributed by atoms with Gasteiger partial charge in [0.25, 0.3) is 0 Å². The minimum atomic E-state index is -0.766. The third-order valence-electron chi connectivity index (χ3n) is 6.74. The van der Waals surface area contributed by atoms with E-state index >= 15 is 0 Å². The number of hydrogen-bond donors (Lipinski definition) is 2. The highest BCUT2D eigenvalue weighted by Gasteiger charge is 2.11. The van der Waals surface area contributed by atoms with Crippen LogP contribution in [0.4, 0.5) is 0 Å². The first-order valence-corrected chi connectivity index (χ1v) is 14.3. The maximum Gasteiger partial charge on any atom is 0.338 e. The zero-order valence-electron chi connectivity index (χ0n) is 24.7. The minimum Gasteiger partial charge on any atom is -0.457 e. The Kier molecular flexibility index (Phi) is 13.5. The van der Waals surface area contributed by atoms with Crippen LogP contribution < -0.4 is 9.47 Å². The standard InChI is InChI=1S/C35H40O8/c1-4-5-6-7-27-10-14-30(15-11-27)31-16-12-28(13-17-31)8-9-29-18-32(40-23-42-34(38)25(2)21-36)20-33(19-29)41-24-43-35(39)26(3)22-37/h10-20,36-37H,2-9,21-24H2,1H3. The molecule has 3 aromatic rings. The molecule has 228 valence electrons. The average Bonchev–Trinajstić information content (AvgIpc) is 3.03. The van der Waals surface area contributed by atoms with Crippen LogP contribution in [-0.4, -0.2) is 49.0 Å². The van der Waals surface area contributed by atoms with Gasteiger partial charge in [-0.05, 0) is 65.6 Å². The largest absolute Gasteiger partial charge is 0.457 e. The molecule has 3 rings (SSSR count). The number of aliphatic hydroxyl groups is 2. The molecule has 0 heterocycles. The summed E-state index contributed by atoms with van der Waals surface area (Å²) in [5.41, 5.74) is 5.58. The summed E-state index contributed by atoms with van der Waals surface area (Å²) >= 11 is 0. The molecule has 0 amide bonds. The van der Waals surface area contributed by atoms with Crippen molar-refractivity contribution in [2.24, 2.45) is 0 Å². The van der Waals surface area contributed by atoms with Gasteiger partial charge in [-0.1, -0.05) is 81.5 Å². The number of aryl methyl sites for hydroxylation is 3. The fourth-order valence-electron chi connectivity index (χ4n) is 4.17. The van der Waals surface area contributed by atoms with Crippen molar-refractivity contribution >= 4 is 11.9 Å². The molecule has 3 aromatic carbocycles. The number of esters is 2. The predicted molar refractivity (Wildman–Crippen MR) is 165 cm³/mol.